The van der Waals surface area contributed by atoms with E-state index in [1.165, 1.54) is 5.56 Å². The van der Waals surface area contributed by atoms with Gasteiger partial charge in [-0.2, -0.15) is 0 Å². The molecule has 2 aliphatic rings. The number of aliphatic hydroxyl groups excluding tert-OH is 1. The first-order chi connectivity index (χ1) is 13.7. The van der Waals surface area contributed by atoms with Gasteiger partial charge in [0.25, 0.3) is 0 Å². The summed E-state index contributed by atoms with van der Waals surface area (Å²) >= 11 is 0. The van der Waals surface area contributed by atoms with E-state index < -0.39 is 0 Å². The largest absolute Gasteiger partial charge is 0.508 e. The summed E-state index contributed by atoms with van der Waals surface area (Å²) in [6.45, 7) is 2.38. The van der Waals surface area contributed by atoms with Gasteiger partial charge in [-0.25, -0.2) is 0 Å². The molecule has 0 amide bonds. The van der Waals surface area contributed by atoms with Crippen LogP contribution in [0.15, 0.2) is 54.6 Å². The third-order valence-corrected chi connectivity index (χ3v) is 6.41. The van der Waals surface area contributed by atoms with Crippen LogP contribution in [-0.2, 0) is 11.3 Å². The number of phenols is 1. The number of aromatic hydroxyl groups is 1. The van der Waals surface area contributed by atoms with Crippen LogP contribution in [0.25, 0.3) is 0 Å². The fourth-order valence-electron chi connectivity index (χ4n) is 4.74. The van der Waals surface area contributed by atoms with Crippen LogP contribution in [0.5, 0.6) is 5.75 Å². The molecule has 1 heterocycles. The third kappa shape index (κ3) is 4.57. The van der Waals surface area contributed by atoms with Crippen molar-refractivity contribution in [3.63, 3.8) is 0 Å². The van der Waals surface area contributed by atoms with Gasteiger partial charge in [-0.15, -0.1) is 0 Å². The lowest BCUT2D eigenvalue weighted by molar-refractivity contribution is -0.0261. The number of phenolic OH excluding ortho intramolecular Hbond substituents is 1. The van der Waals surface area contributed by atoms with Crippen LogP contribution in [-0.4, -0.2) is 46.5 Å². The number of nitrogens with zero attached hydrogens (tertiary/aromatic N) is 1. The van der Waals surface area contributed by atoms with Crippen LogP contribution in [0.3, 0.4) is 0 Å². The molecule has 1 saturated heterocycles. The van der Waals surface area contributed by atoms with Crippen molar-refractivity contribution in [3.8, 4) is 5.75 Å². The van der Waals surface area contributed by atoms with Crippen molar-refractivity contribution in [2.45, 2.75) is 62.8 Å². The van der Waals surface area contributed by atoms with Crippen molar-refractivity contribution in [1.29, 1.82) is 0 Å². The van der Waals surface area contributed by atoms with Crippen LogP contribution in [0.1, 0.15) is 49.1 Å². The quantitative estimate of drug-likeness (QED) is 0.792. The average molecular weight is 382 g/mol. The molecule has 2 atom stereocenters. The molecular formula is C24H31NO3. The van der Waals surface area contributed by atoms with Crippen molar-refractivity contribution in [1.82, 2.24) is 4.90 Å². The molecule has 2 aromatic carbocycles. The van der Waals surface area contributed by atoms with Crippen LogP contribution in [0.4, 0.5) is 0 Å². The second-order valence-electron chi connectivity index (χ2n) is 8.25. The molecule has 1 saturated carbocycles. The van der Waals surface area contributed by atoms with Gasteiger partial charge in [0, 0.05) is 13.1 Å². The van der Waals surface area contributed by atoms with E-state index in [9.17, 15) is 10.2 Å². The predicted octanol–water partition coefficient (Wildman–Crippen LogP) is 4.07. The van der Waals surface area contributed by atoms with Crippen LogP contribution >= 0.6 is 0 Å². The summed E-state index contributed by atoms with van der Waals surface area (Å²) in [5.41, 5.74) is 2.35. The van der Waals surface area contributed by atoms with E-state index in [1.807, 2.05) is 24.3 Å². The molecule has 1 aliphatic carbocycles. The number of ether oxygens (including phenoxy) is 1. The Bertz CT molecular complexity index is 743. The number of para-hydroxylation sites is 1. The van der Waals surface area contributed by atoms with Crippen molar-refractivity contribution >= 4 is 0 Å². The molecule has 4 rings (SSSR count). The lowest BCUT2D eigenvalue weighted by Gasteiger charge is -2.32. The second kappa shape index (κ2) is 9.08. The molecule has 0 aromatic heterocycles. The van der Waals surface area contributed by atoms with Gasteiger partial charge in [-0.05, 0) is 55.2 Å². The predicted molar refractivity (Wildman–Crippen MR) is 110 cm³/mol. The first kappa shape index (κ1) is 19.4. The lowest BCUT2D eigenvalue weighted by atomic mass is 9.82. The monoisotopic (exact) mass is 381 g/mol. The highest BCUT2D eigenvalue weighted by atomic mass is 16.5. The zero-order valence-corrected chi connectivity index (χ0v) is 16.4. The SMILES string of the molecule is Oc1ccccc1C1CCC(OC[C@H]2[C@H](O)CCN2Cc2ccccc2)CC1. The van der Waals surface area contributed by atoms with E-state index in [4.69, 9.17) is 4.74 Å². The fraction of sp³-hybridized carbons (Fsp3) is 0.500. The molecule has 0 bridgehead atoms. The Labute approximate surface area is 167 Å². The third-order valence-electron chi connectivity index (χ3n) is 6.41. The first-order valence-corrected chi connectivity index (χ1v) is 10.6. The number of aliphatic hydroxyl groups is 1. The van der Waals surface area contributed by atoms with Crippen LogP contribution < -0.4 is 0 Å². The summed E-state index contributed by atoms with van der Waals surface area (Å²) in [6.07, 6.45) is 4.89. The van der Waals surface area contributed by atoms with Gasteiger partial charge in [0.1, 0.15) is 5.75 Å². The first-order valence-electron chi connectivity index (χ1n) is 10.6. The molecule has 4 heteroatoms. The number of benzene rings is 2. The van der Waals surface area contributed by atoms with Gasteiger partial charge in [-0.3, -0.25) is 4.90 Å². The van der Waals surface area contributed by atoms with E-state index in [1.54, 1.807) is 6.07 Å². The Morgan fingerprint density at radius 2 is 1.61 bits per heavy atom. The standard InChI is InChI=1S/C24H31NO3/c26-23-9-5-4-8-21(23)19-10-12-20(13-11-19)28-17-22-24(27)14-15-25(22)16-18-6-2-1-3-7-18/h1-9,19-20,22,24,26-27H,10-17H2/t19?,20?,22-,24+/m0/s1. The molecule has 2 N–H and O–H groups in total. The number of hydrogen-bond donors (Lipinski definition) is 2. The maximum absolute atomic E-state index is 10.4. The van der Waals surface area contributed by atoms with Crippen LogP contribution in [0, 0.1) is 0 Å². The molecule has 0 spiro atoms. The molecule has 0 unspecified atom stereocenters. The number of likely N-dealkylation sites (tertiary alicyclic amines) is 1. The molecule has 28 heavy (non-hydrogen) atoms. The summed E-state index contributed by atoms with van der Waals surface area (Å²) < 4.78 is 6.26. The molecule has 2 aromatic rings. The van der Waals surface area contributed by atoms with Gasteiger partial charge in [0.2, 0.25) is 0 Å². The van der Waals surface area contributed by atoms with Gasteiger partial charge in [0.05, 0.1) is 24.9 Å². The smallest absolute Gasteiger partial charge is 0.119 e. The van der Waals surface area contributed by atoms with Crippen molar-refractivity contribution in [3.05, 3.63) is 65.7 Å². The van der Waals surface area contributed by atoms with Crippen molar-refractivity contribution in [2.75, 3.05) is 13.2 Å². The molecule has 0 radical (unpaired) electrons. The Kier molecular flexibility index (Phi) is 6.30. The minimum absolute atomic E-state index is 0.0797. The Balaban J connectivity index is 1.27. The minimum atomic E-state index is -0.304. The van der Waals surface area contributed by atoms with E-state index >= 15 is 0 Å². The van der Waals surface area contributed by atoms with E-state index in [0.29, 0.717) is 18.3 Å². The number of rotatable bonds is 6. The highest BCUT2D eigenvalue weighted by molar-refractivity contribution is 5.35. The lowest BCUT2D eigenvalue weighted by Crippen LogP contribution is -2.40. The minimum Gasteiger partial charge on any atom is -0.508 e. The zero-order valence-electron chi connectivity index (χ0n) is 16.4. The second-order valence-corrected chi connectivity index (χ2v) is 8.25. The maximum Gasteiger partial charge on any atom is 0.119 e. The van der Waals surface area contributed by atoms with Gasteiger partial charge in [0.15, 0.2) is 0 Å². The summed E-state index contributed by atoms with van der Waals surface area (Å²) in [5, 5.41) is 20.5. The molecule has 2 fully saturated rings. The average Bonchev–Trinajstić information content (AvgIpc) is 3.07. The maximum atomic E-state index is 10.4. The van der Waals surface area contributed by atoms with Gasteiger partial charge in [-0.1, -0.05) is 48.5 Å². The Morgan fingerprint density at radius 1 is 0.893 bits per heavy atom. The van der Waals surface area contributed by atoms with E-state index in [2.05, 4.69) is 29.2 Å². The van der Waals surface area contributed by atoms with Crippen molar-refractivity contribution in [2.24, 2.45) is 0 Å². The van der Waals surface area contributed by atoms with Crippen molar-refractivity contribution < 1.29 is 14.9 Å². The highest BCUT2D eigenvalue weighted by Crippen LogP contribution is 2.38. The Hall–Kier alpha value is -1.88. The Morgan fingerprint density at radius 3 is 2.36 bits per heavy atom. The highest BCUT2D eigenvalue weighted by Gasteiger charge is 2.34. The molecule has 150 valence electrons. The van der Waals surface area contributed by atoms with E-state index in [-0.39, 0.29) is 18.2 Å². The number of hydrogen-bond acceptors (Lipinski definition) is 4. The normalized spacial score (nSPS) is 28.5. The fourth-order valence-corrected chi connectivity index (χ4v) is 4.74. The molecule has 1 aliphatic heterocycles. The zero-order chi connectivity index (χ0) is 19.3. The topological polar surface area (TPSA) is 52.9 Å². The summed E-state index contributed by atoms with van der Waals surface area (Å²) in [6, 6.07) is 18.2. The van der Waals surface area contributed by atoms with Gasteiger partial charge >= 0.3 is 0 Å². The van der Waals surface area contributed by atoms with Gasteiger partial charge < -0.3 is 14.9 Å². The van der Waals surface area contributed by atoms with Crippen LogP contribution in [0.2, 0.25) is 0 Å². The summed E-state index contributed by atoms with van der Waals surface area (Å²) in [7, 11) is 0. The molecular weight excluding hydrogens is 350 g/mol. The summed E-state index contributed by atoms with van der Waals surface area (Å²) in [4.78, 5) is 2.35. The van der Waals surface area contributed by atoms with E-state index in [0.717, 1.165) is 50.8 Å². The molecule has 4 nitrogen and oxygen atoms in total. The summed E-state index contributed by atoms with van der Waals surface area (Å²) in [5.74, 6) is 0.838.